The van der Waals surface area contributed by atoms with Crippen LogP contribution < -0.4 is 0 Å². The first-order valence-corrected chi connectivity index (χ1v) is 7.44. The lowest BCUT2D eigenvalue weighted by Gasteiger charge is -2.14. The maximum atomic E-state index is 11.5. The molecule has 7 heteroatoms. The lowest BCUT2D eigenvalue weighted by atomic mass is 10.2. The lowest BCUT2D eigenvalue weighted by Crippen LogP contribution is -2.18. The molecule has 98 valence electrons. The molecule has 0 aliphatic rings. The summed E-state index contributed by atoms with van der Waals surface area (Å²) < 4.78 is 24.7. The SMILES string of the molecule is CC(C)Cn1c(CO)nnc1C(C)S(C)(=O)=O. The number of aliphatic hydroxyl groups excluding tert-OH is 1. The van der Waals surface area contributed by atoms with Gasteiger partial charge in [-0.25, -0.2) is 8.42 Å². The first-order chi connectivity index (χ1) is 7.77. The largest absolute Gasteiger partial charge is 0.388 e. The van der Waals surface area contributed by atoms with E-state index in [1.54, 1.807) is 11.5 Å². The Morgan fingerprint density at radius 3 is 2.29 bits per heavy atom. The molecule has 0 aliphatic heterocycles. The van der Waals surface area contributed by atoms with E-state index in [2.05, 4.69) is 10.2 Å². The van der Waals surface area contributed by atoms with Crippen molar-refractivity contribution in [2.45, 2.75) is 39.2 Å². The minimum atomic E-state index is -3.21. The molecule has 6 nitrogen and oxygen atoms in total. The maximum Gasteiger partial charge on any atom is 0.158 e. The summed E-state index contributed by atoms with van der Waals surface area (Å²) in [6.07, 6.45) is 1.17. The van der Waals surface area contributed by atoms with Gasteiger partial charge in [-0.2, -0.15) is 0 Å². The van der Waals surface area contributed by atoms with Crippen LogP contribution in [0.5, 0.6) is 0 Å². The van der Waals surface area contributed by atoms with Crippen LogP contribution in [0.25, 0.3) is 0 Å². The molecule has 0 saturated carbocycles. The molecular weight excluding hydrogens is 242 g/mol. The van der Waals surface area contributed by atoms with Crippen LogP contribution in [0.4, 0.5) is 0 Å². The molecule has 0 saturated heterocycles. The number of hydrogen-bond acceptors (Lipinski definition) is 5. The lowest BCUT2D eigenvalue weighted by molar-refractivity contribution is 0.261. The quantitative estimate of drug-likeness (QED) is 0.835. The van der Waals surface area contributed by atoms with Crippen LogP contribution in [0.2, 0.25) is 0 Å². The van der Waals surface area contributed by atoms with Crippen molar-refractivity contribution in [1.82, 2.24) is 14.8 Å². The average Bonchev–Trinajstić information content (AvgIpc) is 2.57. The summed E-state index contributed by atoms with van der Waals surface area (Å²) in [5.74, 6) is 1.12. The Labute approximate surface area is 102 Å². The Hall–Kier alpha value is -0.950. The van der Waals surface area contributed by atoms with Gasteiger partial charge in [-0.05, 0) is 12.8 Å². The first kappa shape index (κ1) is 14.1. The molecule has 0 bridgehead atoms. The fourth-order valence-corrected chi connectivity index (χ4v) is 2.08. The first-order valence-electron chi connectivity index (χ1n) is 5.49. The van der Waals surface area contributed by atoms with Gasteiger partial charge >= 0.3 is 0 Å². The van der Waals surface area contributed by atoms with Crippen molar-refractivity contribution in [3.8, 4) is 0 Å². The topological polar surface area (TPSA) is 85.1 Å². The second-order valence-electron chi connectivity index (χ2n) is 4.61. The second kappa shape index (κ2) is 5.14. The molecule has 1 atom stereocenters. The van der Waals surface area contributed by atoms with Gasteiger partial charge in [0.15, 0.2) is 21.5 Å². The van der Waals surface area contributed by atoms with Gasteiger partial charge in [-0.3, -0.25) is 0 Å². The molecule has 0 fully saturated rings. The highest BCUT2D eigenvalue weighted by Gasteiger charge is 2.25. The van der Waals surface area contributed by atoms with Crippen molar-refractivity contribution in [3.05, 3.63) is 11.6 Å². The van der Waals surface area contributed by atoms with Crippen LogP contribution in [0, 0.1) is 5.92 Å². The van der Waals surface area contributed by atoms with Crippen molar-refractivity contribution >= 4 is 9.84 Å². The molecule has 1 rings (SSSR count). The van der Waals surface area contributed by atoms with Crippen LogP contribution in [0.3, 0.4) is 0 Å². The second-order valence-corrected chi connectivity index (χ2v) is 6.97. The van der Waals surface area contributed by atoms with Crippen molar-refractivity contribution < 1.29 is 13.5 Å². The van der Waals surface area contributed by atoms with Gasteiger partial charge in [-0.1, -0.05) is 13.8 Å². The molecule has 0 radical (unpaired) electrons. The summed E-state index contributed by atoms with van der Waals surface area (Å²) >= 11 is 0. The van der Waals surface area contributed by atoms with Gasteiger partial charge in [0.05, 0.1) is 0 Å². The van der Waals surface area contributed by atoms with E-state index in [9.17, 15) is 8.42 Å². The zero-order chi connectivity index (χ0) is 13.2. The number of sulfone groups is 1. The molecule has 1 heterocycles. The van der Waals surface area contributed by atoms with Crippen LogP contribution in [0.1, 0.15) is 37.7 Å². The standard InChI is InChI=1S/C10H19N3O3S/c1-7(2)5-13-9(6-14)11-12-10(13)8(3)17(4,15)16/h7-8,14H,5-6H2,1-4H3. The molecule has 0 aliphatic carbocycles. The van der Waals surface area contributed by atoms with Gasteiger partial charge < -0.3 is 9.67 Å². The molecular formula is C10H19N3O3S. The number of rotatable bonds is 5. The normalized spacial score (nSPS) is 14.2. The molecule has 1 unspecified atom stereocenters. The zero-order valence-electron chi connectivity index (χ0n) is 10.6. The predicted octanol–water partition coefficient (Wildman–Crippen LogP) is 0.532. The smallest absolute Gasteiger partial charge is 0.158 e. The summed E-state index contributed by atoms with van der Waals surface area (Å²) in [5.41, 5.74) is 0. The number of aliphatic hydroxyl groups is 1. The fraction of sp³-hybridized carbons (Fsp3) is 0.800. The van der Waals surface area contributed by atoms with E-state index >= 15 is 0 Å². The van der Waals surface area contributed by atoms with Crippen molar-refractivity contribution in [2.24, 2.45) is 5.92 Å². The zero-order valence-corrected chi connectivity index (χ0v) is 11.4. The number of hydrogen-bond donors (Lipinski definition) is 1. The summed E-state index contributed by atoms with van der Waals surface area (Å²) in [4.78, 5) is 0. The fourth-order valence-electron chi connectivity index (χ4n) is 1.52. The van der Waals surface area contributed by atoms with Crippen LogP contribution >= 0.6 is 0 Å². The molecule has 17 heavy (non-hydrogen) atoms. The van der Waals surface area contributed by atoms with Crippen molar-refractivity contribution in [2.75, 3.05) is 6.26 Å². The van der Waals surface area contributed by atoms with Crippen LogP contribution in [-0.2, 0) is 23.0 Å². The van der Waals surface area contributed by atoms with E-state index in [0.29, 0.717) is 24.1 Å². The Morgan fingerprint density at radius 2 is 1.88 bits per heavy atom. The Kier molecular flexibility index (Phi) is 4.26. The van der Waals surface area contributed by atoms with Crippen molar-refractivity contribution in [1.29, 1.82) is 0 Å². The van der Waals surface area contributed by atoms with E-state index in [-0.39, 0.29) is 6.61 Å². The Bertz CT molecular complexity index is 479. The minimum Gasteiger partial charge on any atom is -0.388 e. The summed E-state index contributed by atoms with van der Waals surface area (Å²) in [6.45, 7) is 5.96. The third-order valence-corrected chi connectivity index (χ3v) is 4.05. The van der Waals surface area contributed by atoms with Gasteiger partial charge in [0.1, 0.15) is 11.9 Å². The molecule has 0 amide bonds. The maximum absolute atomic E-state index is 11.5. The minimum absolute atomic E-state index is 0.240. The highest BCUT2D eigenvalue weighted by Crippen LogP contribution is 2.21. The average molecular weight is 261 g/mol. The van der Waals surface area contributed by atoms with E-state index in [1.165, 1.54) is 6.26 Å². The Morgan fingerprint density at radius 1 is 1.29 bits per heavy atom. The summed E-state index contributed by atoms with van der Waals surface area (Å²) in [7, 11) is -3.21. The summed E-state index contributed by atoms with van der Waals surface area (Å²) in [6, 6.07) is 0. The summed E-state index contributed by atoms with van der Waals surface area (Å²) in [5, 5.41) is 16.1. The third kappa shape index (κ3) is 3.26. The van der Waals surface area contributed by atoms with Gasteiger partial charge in [0, 0.05) is 12.8 Å². The number of nitrogens with zero attached hydrogens (tertiary/aromatic N) is 3. The van der Waals surface area contributed by atoms with Gasteiger partial charge in [0.2, 0.25) is 0 Å². The molecule has 0 aromatic carbocycles. The molecule has 1 aromatic rings. The molecule has 0 spiro atoms. The highest BCUT2D eigenvalue weighted by molar-refractivity contribution is 7.90. The highest BCUT2D eigenvalue weighted by atomic mass is 32.2. The van der Waals surface area contributed by atoms with Gasteiger partial charge in [0.25, 0.3) is 0 Å². The van der Waals surface area contributed by atoms with E-state index < -0.39 is 15.1 Å². The monoisotopic (exact) mass is 261 g/mol. The number of aromatic nitrogens is 3. The van der Waals surface area contributed by atoms with E-state index in [4.69, 9.17) is 5.11 Å². The third-order valence-electron chi connectivity index (χ3n) is 2.55. The molecule has 1 N–H and O–H groups in total. The van der Waals surface area contributed by atoms with Gasteiger partial charge in [-0.15, -0.1) is 10.2 Å². The van der Waals surface area contributed by atoms with Crippen LogP contribution in [0.15, 0.2) is 0 Å². The molecule has 1 aromatic heterocycles. The predicted molar refractivity (Wildman–Crippen MR) is 64.0 cm³/mol. The van der Waals surface area contributed by atoms with Crippen molar-refractivity contribution in [3.63, 3.8) is 0 Å². The van der Waals surface area contributed by atoms with E-state index in [1.807, 2.05) is 13.8 Å². The van der Waals surface area contributed by atoms with Crippen LogP contribution in [-0.4, -0.2) is 34.5 Å². The Balaban J connectivity index is 3.20. The van der Waals surface area contributed by atoms with E-state index in [0.717, 1.165) is 0 Å².